The van der Waals surface area contributed by atoms with Gasteiger partial charge in [-0.2, -0.15) is 0 Å². The molecule has 3 N–H and O–H groups in total. The first-order valence-electron chi connectivity index (χ1n) is 11.7. The predicted molar refractivity (Wildman–Crippen MR) is 119 cm³/mol. The number of primary amides is 1. The highest BCUT2D eigenvalue weighted by molar-refractivity contribution is 6.45. The van der Waals surface area contributed by atoms with Gasteiger partial charge in [0.1, 0.15) is 5.54 Å². The van der Waals surface area contributed by atoms with E-state index in [2.05, 4.69) is 37.9 Å². The lowest BCUT2D eigenvalue weighted by Crippen LogP contribution is -2.66. The van der Waals surface area contributed by atoms with Crippen LogP contribution in [-0.2, 0) is 23.6 Å². The highest BCUT2D eigenvalue weighted by atomic mass is 16.7. The van der Waals surface area contributed by atoms with Crippen LogP contribution in [0.4, 0.5) is 0 Å². The third-order valence-corrected chi connectivity index (χ3v) is 7.76. The second-order valence-corrected chi connectivity index (χ2v) is 10.5. The molecule has 3 atom stereocenters. The molecule has 0 radical (unpaired) electrons. The van der Waals surface area contributed by atoms with Crippen molar-refractivity contribution in [2.45, 2.75) is 83.4 Å². The maximum atomic E-state index is 12.8. The number of hydrogen-bond donors (Lipinski definition) is 2. The number of rotatable bonds is 7. The highest BCUT2D eigenvalue weighted by Gasteiger charge is 2.52. The van der Waals surface area contributed by atoms with Gasteiger partial charge >= 0.3 is 7.12 Å². The number of carbonyl (C=O) groups excluding carboxylic acids is 2. The molecule has 9 heteroatoms. The van der Waals surface area contributed by atoms with E-state index in [1.165, 1.54) is 6.92 Å². The second kappa shape index (κ2) is 9.37. The van der Waals surface area contributed by atoms with Crippen molar-refractivity contribution in [3.8, 4) is 0 Å². The molecule has 0 spiro atoms. The van der Waals surface area contributed by atoms with Crippen molar-refractivity contribution in [1.29, 1.82) is 0 Å². The van der Waals surface area contributed by atoms with Crippen LogP contribution in [0.2, 0.25) is 6.32 Å². The number of nitrogens with two attached hydrogens (primary N) is 1. The first-order chi connectivity index (χ1) is 14.4. The van der Waals surface area contributed by atoms with Gasteiger partial charge in [0, 0.05) is 32.5 Å². The molecular formula is C22H40BN3O5. The van der Waals surface area contributed by atoms with Gasteiger partial charge in [-0.05, 0) is 59.2 Å². The van der Waals surface area contributed by atoms with Gasteiger partial charge in [0.25, 0.3) is 0 Å². The number of ether oxygens (including phenoxy) is 1. The van der Waals surface area contributed by atoms with Gasteiger partial charge in [-0.15, -0.1) is 0 Å². The Bertz CT molecular complexity index is 652. The van der Waals surface area contributed by atoms with E-state index in [1.807, 2.05) is 0 Å². The Morgan fingerprint density at radius 2 is 1.71 bits per heavy atom. The molecule has 0 bridgehead atoms. The summed E-state index contributed by atoms with van der Waals surface area (Å²) < 4.78 is 17.7. The van der Waals surface area contributed by atoms with E-state index in [1.54, 1.807) is 0 Å². The van der Waals surface area contributed by atoms with Crippen molar-refractivity contribution >= 4 is 18.9 Å². The molecule has 0 aromatic rings. The van der Waals surface area contributed by atoms with Crippen molar-refractivity contribution in [3.05, 3.63) is 0 Å². The van der Waals surface area contributed by atoms with Crippen LogP contribution in [0.3, 0.4) is 0 Å². The molecule has 2 saturated heterocycles. The molecule has 8 nitrogen and oxygen atoms in total. The van der Waals surface area contributed by atoms with Gasteiger partial charge in [0.05, 0.1) is 24.4 Å². The van der Waals surface area contributed by atoms with E-state index in [0.717, 1.165) is 45.2 Å². The van der Waals surface area contributed by atoms with Crippen LogP contribution in [0.1, 0.15) is 60.3 Å². The normalized spacial score (nSPS) is 33.3. The summed E-state index contributed by atoms with van der Waals surface area (Å²) >= 11 is 0. The molecule has 31 heavy (non-hydrogen) atoms. The van der Waals surface area contributed by atoms with Crippen LogP contribution in [0.25, 0.3) is 0 Å². The number of carbonyl (C=O) groups is 2. The summed E-state index contributed by atoms with van der Waals surface area (Å²) in [6.45, 7) is 13.5. The molecule has 0 aromatic heterocycles. The molecule has 0 aromatic carbocycles. The Labute approximate surface area is 187 Å². The molecule has 3 fully saturated rings. The topological polar surface area (TPSA) is 103 Å². The Morgan fingerprint density at radius 3 is 2.26 bits per heavy atom. The molecule has 2 aliphatic heterocycles. The van der Waals surface area contributed by atoms with Gasteiger partial charge in [-0.3, -0.25) is 14.5 Å². The molecule has 1 aliphatic carbocycles. The van der Waals surface area contributed by atoms with Gasteiger partial charge in [0.15, 0.2) is 0 Å². The van der Waals surface area contributed by atoms with Crippen LogP contribution >= 0.6 is 0 Å². The monoisotopic (exact) mass is 437 g/mol. The van der Waals surface area contributed by atoms with Crippen LogP contribution in [0, 0.1) is 11.8 Å². The minimum Gasteiger partial charge on any atom is -0.403 e. The fraction of sp³-hybridized carbons (Fsp3) is 0.909. The van der Waals surface area contributed by atoms with Gasteiger partial charge < -0.3 is 25.1 Å². The summed E-state index contributed by atoms with van der Waals surface area (Å²) in [5.41, 5.74) is 4.25. The summed E-state index contributed by atoms with van der Waals surface area (Å²) in [6.07, 6.45) is 4.06. The Morgan fingerprint density at radius 1 is 1.10 bits per heavy atom. The first kappa shape index (κ1) is 24.5. The average molecular weight is 437 g/mol. The van der Waals surface area contributed by atoms with E-state index in [0.29, 0.717) is 19.6 Å². The van der Waals surface area contributed by atoms with Crippen molar-refractivity contribution in [1.82, 2.24) is 10.2 Å². The van der Waals surface area contributed by atoms with Crippen molar-refractivity contribution in [3.63, 3.8) is 0 Å². The molecule has 176 valence electrons. The average Bonchev–Trinajstić information content (AvgIpc) is 2.88. The molecule has 2 heterocycles. The van der Waals surface area contributed by atoms with Gasteiger partial charge in [-0.25, -0.2) is 0 Å². The lowest BCUT2D eigenvalue weighted by molar-refractivity contribution is -0.136. The van der Waals surface area contributed by atoms with Crippen LogP contribution < -0.4 is 11.1 Å². The molecule has 3 rings (SSSR count). The van der Waals surface area contributed by atoms with Crippen molar-refractivity contribution in [2.24, 2.45) is 17.6 Å². The quantitative estimate of drug-likeness (QED) is 0.587. The smallest absolute Gasteiger partial charge is 0.403 e. The van der Waals surface area contributed by atoms with Crippen LogP contribution in [0.5, 0.6) is 0 Å². The zero-order chi connectivity index (χ0) is 22.9. The number of morpholine rings is 1. The summed E-state index contributed by atoms with van der Waals surface area (Å²) in [6, 6.07) is 0. The van der Waals surface area contributed by atoms with Gasteiger partial charge in [-0.1, -0.05) is 6.42 Å². The molecule has 2 amide bonds. The van der Waals surface area contributed by atoms with Crippen molar-refractivity contribution in [2.75, 3.05) is 32.8 Å². The molecular weight excluding hydrogens is 397 g/mol. The number of nitrogens with one attached hydrogen (secondary N) is 1. The largest absolute Gasteiger partial charge is 0.457 e. The maximum absolute atomic E-state index is 12.8. The summed E-state index contributed by atoms with van der Waals surface area (Å²) in [5.74, 6) is -0.363. The fourth-order valence-electron chi connectivity index (χ4n) is 5.28. The minimum atomic E-state index is -1.01. The fourth-order valence-corrected chi connectivity index (χ4v) is 5.28. The molecule has 3 aliphatic rings. The third kappa shape index (κ3) is 5.43. The van der Waals surface area contributed by atoms with Crippen LogP contribution in [0.15, 0.2) is 0 Å². The Balaban J connectivity index is 1.67. The standard InChI is InChI=1S/C22H40BN3O5/c1-16(27)25-22(19(24)28)14-17(6-7-18(22)15-26-10-12-29-13-11-26)8-9-23-30-20(2,3)21(4,5)31-23/h17-18H,6-15H2,1-5H3,(H2,24,28)(H,25,27). The number of nitrogens with zero attached hydrogens (tertiary/aromatic N) is 1. The lowest BCUT2D eigenvalue weighted by Gasteiger charge is -2.47. The zero-order valence-corrected chi connectivity index (χ0v) is 19.9. The zero-order valence-electron chi connectivity index (χ0n) is 19.9. The second-order valence-electron chi connectivity index (χ2n) is 10.5. The van der Waals surface area contributed by atoms with E-state index < -0.39 is 11.4 Å². The molecule has 1 saturated carbocycles. The van der Waals surface area contributed by atoms with E-state index in [9.17, 15) is 9.59 Å². The third-order valence-electron chi connectivity index (χ3n) is 7.76. The molecule has 3 unspecified atom stereocenters. The SMILES string of the molecule is CC(=O)NC1(C(N)=O)CC(CCB2OC(C)(C)C(C)(C)O2)CCC1CN1CCOCC1. The van der Waals surface area contributed by atoms with E-state index in [4.69, 9.17) is 19.8 Å². The minimum absolute atomic E-state index is 0.0000900. The number of hydrogen-bond acceptors (Lipinski definition) is 6. The number of amides is 2. The van der Waals surface area contributed by atoms with Gasteiger partial charge in [0.2, 0.25) is 11.8 Å². The summed E-state index contributed by atoms with van der Waals surface area (Å²) in [7, 11) is -0.250. The summed E-state index contributed by atoms with van der Waals surface area (Å²) in [4.78, 5) is 27.2. The lowest BCUT2D eigenvalue weighted by atomic mass is 9.65. The predicted octanol–water partition coefficient (Wildman–Crippen LogP) is 1.58. The van der Waals surface area contributed by atoms with E-state index >= 15 is 0 Å². The summed E-state index contributed by atoms with van der Waals surface area (Å²) in [5, 5.41) is 2.98. The Hall–Kier alpha value is -1.16. The maximum Gasteiger partial charge on any atom is 0.457 e. The highest BCUT2D eigenvalue weighted by Crippen LogP contribution is 2.42. The van der Waals surface area contributed by atoms with E-state index in [-0.39, 0.29) is 36.1 Å². The first-order valence-corrected chi connectivity index (χ1v) is 11.7. The van der Waals surface area contributed by atoms with Crippen molar-refractivity contribution < 1.29 is 23.6 Å². The Kier molecular flexibility index (Phi) is 7.40. The van der Waals surface area contributed by atoms with Crippen LogP contribution in [-0.4, -0.2) is 73.4 Å².